The molecule has 164 valence electrons. The summed E-state index contributed by atoms with van der Waals surface area (Å²) < 4.78 is 7.86. The second kappa shape index (κ2) is 9.48. The lowest BCUT2D eigenvalue weighted by atomic mass is 10.2. The van der Waals surface area contributed by atoms with Gasteiger partial charge in [-0.25, -0.2) is 14.8 Å². The SMILES string of the molecule is CCCCn1c(NC(=O)c2ccccc2Br)c(C(=O)OCC)c2nc3ccccc3nc21. The number of unbranched alkanes of at least 4 members (excludes halogenated alkanes) is 1. The normalized spacial score (nSPS) is 11.1. The quantitative estimate of drug-likeness (QED) is 0.339. The van der Waals surface area contributed by atoms with Gasteiger partial charge in [-0.15, -0.1) is 0 Å². The summed E-state index contributed by atoms with van der Waals surface area (Å²) in [5.41, 5.74) is 3.02. The molecule has 0 unspecified atom stereocenters. The molecule has 0 aliphatic carbocycles. The van der Waals surface area contributed by atoms with E-state index in [0.29, 0.717) is 44.6 Å². The molecule has 4 aromatic rings. The second-order valence-electron chi connectivity index (χ2n) is 7.27. The average Bonchev–Trinajstić information content (AvgIpc) is 3.08. The van der Waals surface area contributed by atoms with Crippen molar-refractivity contribution in [2.45, 2.75) is 33.2 Å². The first-order valence-electron chi connectivity index (χ1n) is 10.6. The zero-order chi connectivity index (χ0) is 22.7. The van der Waals surface area contributed by atoms with Gasteiger partial charge in [-0.1, -0.05) is 37.6 Å². The number of hydrogen-bond donors (Lipinski definition) is 1. The Kier molecular flexibility index (Phi) is 6.50. The van der Waals surface area contributed by atoms with E-state index in [9.17, 15) is 9.59 Å². The lowest BCUT2D eigenvalue weighted by molar-refractivity contribution is 0.0529. The monoisotopic (exact) mass is 494 g/mol. The molecule has 2 aromatic carbocycles. The number of fused-ring (bicyclic) bond motifs is 2. The minimum absolute atomic E-state index is 0.207. The van der Waals surface area contributed by atoms with E-state index in [0.717, 1.165) is 12.8 Å². The number of carbonyl (C=O) groups excluding carboxylic acids is 2. The molecule has 1 N–H and O–H groups in total. The molecule has 0 fully saturated rings. The highest BCUT2D eigenvalue weighted by Crippen LogP contribution is 2.32. The number of halogens is 1. The Morgan fingerprint density at radius 1 is 1.03 bits per heavy atom. The van der Waals surface area contributed by atoms with Gasteiger partial charge in [0.25, 0.3) is 5.91 Å². The fourth-order valence-corrected chi connectivity index (χ4v) is 4.05. The summed E-state index contributed by atoms with van der Waals surface area (Å²) in [6.45, 7) is 4.61. The second-order valence-corrected chi connectivity index (χ2v) is 8.12. The van der Waals surface area contributed by atoms with Crippen LogP contribution in [-0.2, 0) is 11.3 Å². The molecule has 0 saturated heterocycles. The highest BCUT2D eigenvalue weighted by Gasteiger charge is 2.28. The Bertz CT molecular complexity index is 1320. The standard InChI is InChI=1S/C24H23BrN4O3/c1-3-5-14-29-21(28-23(30)15-10-6-7-11-16(15)25)19(24(31)32-4-2)20-22(29)27-18-13-9-8-12-17(18)26-20/h6-13H,3-5,14H2,1-2H3,(H,28,30). The molecule has 0 radical (unpaired) electrons. The molecule has 1 amide bonds. The first-order valence-corrected chi connectivity index (χ1v) is 11.4. The van der Waals surface area contributed by atoms with E-state index in [2.05, 4.69) is 28.2 Å². The molecular weight excluding hydrogens is 472 g/mol. The lowest BCUT2D eigenvalue weighted by Gasteiger charge is -2.13. The Balaban J connectivity index is 1.96. The molecule has 7 nitrogen and oxygen atoms in total. The number of para-hydroxylation sites is 2. The van der Waals surface area contributed by atoms with E-state index < -0.39 is 5.97 Å². The zero-order valence-electron chi connectivity index (χ0n) is 17.9. The number of esters is 1. The highest BCUT2D eigenvalue weighted by molar-refractivity contribution is 9.10. The summed E-state index contributed by atoms with van der Waals surface area (Å²) in [6, 6.07) is 14.6. The van der Waals surface area contributed by atoms with Crippen LogP contribution in [0.5, 0.6) is 0 Å². The molecule has 0 aliphatic rings. The average molecular weight is 495 g/mol. The third-order valence-electron chi connectivity index (χ3n) is 5.12. The van der Waals surface area contributed by atoms with Crippen molar-refractivity contribution >= 4 is 55.8 Å². The van der Waals surface area contributed by atoms with Crippen molar-refractivity contribution < 1.29 is 14.3 Å². The number of nitrogens with zero attached hydrogens (tertiary/aromatic N) is 3. The van der Waals surface area contributed by atoms with Gasteiger partial charge in [0.15, 0.2) is 5.65 Å². The van der Waals surface area contributed by atoms with Gasteiger partial charge in [0.1, 0.15) is 16.9 Å². The number of benzene rings is 2. The van der Waals surface area contributed by atoms with Crippen molar-refractivity contribution in [2.24, 2.45) is 0 Å². The number of hydrogen-bond acceptors (Lipinski definition) is 5. The Morgan fingerprint density at radius 3 is 2.41 bits per heavy atom. The van der Waals surface area contributed by atoms with Crippen LogP contribution in [-0.4, -0.2) is 33.0 Å². The van der Waals surface area contributed by atoms with Gasteiger partial charge in [-0.2, -0.15) is 0 Å². The maximum absolute atomic E-state index is 13.2. The van der Waals surface area contributed by atoms with Crippen LogP contribution in [0, 0.1) is 0 Å². The van der Waals surface area contributed by atoms with Crippen LogP contribution in [0.1, 0.15) is 47.4 Å². The number of aryl methyl sites for hydroxylation is 1. The Hall–Kier alpha value is -3.26. The number of rotatable bonds is 7. The van der Waals surface area contributed by atoms with Crippen LogP contribution in [0.15, 0.2) is 53.0 Å². The van der Waals surface area contributed by atoms with Crippen LogP contribution in [0.4, 0.5) is 5.82 Å². The summed E-state index contributed by atoms with van der Waals surface area (Å²) in [5.74, 6) is -0.532. The summed E-state index contributed by atoms with van der Waals surface area (Å²) >= 11 is 3.42. The number of nitrogens with one attached hydrogen (secondary N) is 1. The van der Waals surface area contributed by atoms with Crippen molar-refractivity contribution in [1.29, 1.82) is 0 Å². The largest absolute Gasteiger partial charge is 0.462 e. The fourth-order valence-electron chi connectivity index (χ4n) is 3.58. The minimum Gasteiger partial charge on any atom is -0.462 e. The van der Waals surface area contributed by atoms with E-state index in [4.69, 9.17) is 14.7 Å². The predicted molar refractivity (Wildman–Crippen MR) is 128 cm³/mol. The Morgan fingerprint density at radius 2 is 1.72 bits per heavy atom. The van der Waals surface area contributed by atoms with Gasteiger partial charge in [0, 0.05) is 11.0 Å². The first kappa shape index (κ1) is 22.0. The van der Waals surface area contributed by atoms with Crippen LogP contribution in [0.25, 0.3) is 22.2 Å². The molecule has 0 saturated carbocycles. The predicted octanol–water partition coefficient (Wildman–Crippen LogP) is 5.58. The topological polar surface area (TPSA) is 86.1 Å². The third-order valence-corrected chi connectivity index (χ3v) is 5.81. The summed E-state index contributed by atoms with van der Waals surface area (Å²) in [7, 11) is 0. The third kappa shape index (κ3) is 4.10. The van der Waals surface area contributed by atoms with Crippen LogP contribution in [0.3, 0.4) is 0 Å². The molecular formula is C24H23BrN4O3. The van der Waals surface area contributed by atoms with Gasteiger partial charge in [-0.05, 0) is 53.5 Å². The zero-order valence-corrected chi connectivity index (χ0v) is 19.5. The molecule has 2 heterocycles. The number of aromatic nitrogens is 3. The minimum atomic E-state index is -0.542. The molecule has 0 aliphatic heterocycles. The molecule has 4 rings (SSSR count). The molecule has 0 bridgehead atoms. The molecule has 8 heteroatoms. The smallest absolute Gasteiger partial charge is 0.344 e. The number of amides is 1. The first-order chi connectivity index (χ1) is 15.5. The molecule has 0 spiro atoms. The number of carbonyl (C=O) groups is 2. The maximum atomic E-state index is 13.2. The van der Waals surface area contributed by atoms with Gasteiger partial charge in [0.2, 0.25) is 0 Å². The van der Waals surface area contributed by atoms with Gasteiger partial charge < -0.3 is 14.6 Å². The van der Waals surface area contributed by atoms with E-state index in [1.54, 1.807) is 25.1 Å². The van der Waals surface area contributed by atoms with Crippen molar-refractivity contribution in [1.82, 2.24) is 14.5 Å². The molecule has 2 aromatic heterocycles. The summed E-state index contributed by atoms with van der Waals surface area (Å²) in [6.07, 6.45) is 1.78. The number of ether oxygens (including phenoxy) is 1. The van der Waals surface area contributed by atoms with Gasteiger partial charge >= 0.3 is 5.97 Å². The fraction of sp³-hybridized carbons (Fsp3) is 0.250. The van der Waals surface area contributed by atoms with Crippen LogP contribution >= 0.6 is 15.9 Å². The highest BCUT2D eigenvalue weighted by atomic mass is 79.9. The Labute approximate surface area is 193 Å². The van der Waals surface area contributed by atoms with E-state index in [-0.39, 0.29) is 18.1 Å². The van der Waals surface area contributed by atoms with Crippen molar-refractivity contribution in [3.8, 4) is 0 Å². The van der Waals surface area contributed by atoms with Crippen molar-refractivity contribution in [3.63, 3.8) is 0 Å². The van der Waals surface area contributed by atoms with Gasteiger partial charge in [-0.3, -0.25) is 4.79 Å². The lowest BCUT2D eigenvalue weighted by Crippen LogP contribution is -2.19. The van der Waals surface area contributed by atoms with Crippen LogP contribution in [0.2, 0.25) is 0 Å². The van der Waals surface area contributed by atoms with E-state index in [1.165, 1.54) is 0 Å². The molecule has 32 heavy (non-hydrogen) atoms. The van der Waals surface area contributed by atoms with E-state index in [1.807, 2.05) is 34.9 Å². The van der Waals surface area contributed by atoms with Crippen molar-refractivity contribution in [3.05, 3.63) is 64.1 Å². The van der Waals surface area contributed by atoms with Crippen LogP contribution < -0.4 is 5.32 Å². The molecule has 0 atom stereocenters. The van der Waals surface area contributed by atoms with Gasteiger partial charge in [0.05, 0.1) is 23.2 Å². The maximum Gasteiger partial charge on any atom is 0.344 e. The number of anilines is 1. The summed E-state index contributed by atoms with van der Waals surface area (Å²) in [4.78, 5) is 35.7. The van der Waals surface area contributed by atoms with E-state index >= 15 is 0 Å². The summed E-state index contributed by atoms with van der Waals surface area (Å²) in [5, 5.41) is 2.94. The van der Waals surface area contributed by atoms with Crippen molar-refractivity contribution in [2.75, 3.05) is 11.9 Å².